The number of anilines is 1. The van der Waals surface area contributed by atoms with Crippen LogP contribution in [0.25, 0.3) is 0 Å². The molecule has 1 saturated carbocycles. The molecule has 0 spiro atoms. The Labute approximate surface area is 108 Å². The molecule has 1 heterocycles. The fourth-order valence-corrected chi connectivity index (χ4v) is 2.70. The first kappa shape index (κ1) is 11.3. The second-order valence-electron chi connectivity index (χ2n) is 5.23. The van der Waals surface area contributed by atoms with E-state index in [4.69, 9.17) is 0 Å². The van der Waals surface area contributed by atoms with Gasteiger partial charge in [0.1, 0.15) is 0 Å². The average Bonchev–Trinajstić information content (AvgIpc) is 2.65. The third-order valence-corrected chi connectivity index (χ3v) is 3.89. The van der Waals surface area contributed by atoms with Crippen LogP contribution in [0.15, 0.2) is 30.3 Å². The summed E-state index contributed by atoms with van der Waals surface area (Å²) in [7, 11) is 0. The molecule has 0 radical (unpaired) electrons. The Kier molecular flexibility index (Phi) is 2.82. The van der Waals surface area contributed by atoms with Crippen LogP contribution in [-0.2, 0) is 0 Å². The van der Waals surface area contributed by atoms with Crippen LogP contribution in [0.5, 0.6) is 0 Å². The maximum atomic E-state index is 4.22. The van der Waals surface area contributed by atoms with Crippen molar-refractivity contribution in [2.75, 3.05) is 5.32 Å². The highest BCUT2D eigenvalue weighted by molar-refractivity contribution is 5.52. The molecule has 94 valence electrons. The van der Waals surface area contributed by atoms with Gasteiger partial charge in [-0.05, 0) is 38.2 Å². The van der Waals surface area contributed by atoms with Crippen LogP contribution in [0, 0.1) is 13.8 Å². The molecule has 0 saturated heterocycles. The second-order valence-corrected chi connectivity index (χ2v) is 5.23. The Hall–Kier alpha value is -1.77. The highest BCUT2D eigenvalue weighted by Gasteiger charge is 2.30. The molecule has 1 aliphatic carbocycles. The van der Waals surface area contributed by atoms with Crippen molar-refractivity contribution in [3.63, 3.8) is 0 Å². The van der Waals surface area contributed by atoms with E-state index < -0.39 is 0 Å². The molecule has 1 aliphatic rings. The predicted octanol–water partition coefficient (Wildman–Crippen LogP) is 3.38. The van der Waals surface area contributed by atoms with Crippen molar-refractivity contribution in [1.29, 1.82) is 0 Å². The van der Waals surface area contributed by atoms with E-state index in [9.17, 15) is 0 Å². The number of rotatable bonds is 3. The molecule has 0 aliphatic heterocycles. The molecule has 2 N–H and O–H groups in total. The smallest absolute Gasteiger partial charge is 0.0825 e. The standard InChI is InChI=1S/C15H19N3/c1-10-15(11(2)18-17-10)16-14-8-13(9-14)12-6-4-3-5-7-12/h3-7,13-14,16H,8-9H2,1-2H3,(H,17,18). The molecule has 0 atom stereocenters. The fourth-order valence-electron chi connectivity index (χ4n) is 2.70. The number of aromatic nitrogens is 2. The summed E-state index contributed by atoms with van der Waals surface area (Å²) in [5, 5.41) is 10.8. The number of hydrogen-bond acceptors (Lipinski definition) is 2. The number of aromatic amines is 1. The highest BCUT2D eigenvalue weighted by atomic mass is 15.2. The van der Waals surface area contributed by atoms with E-state index in [2.05, 4.69) is 52.8 Å². The molecule has 1 aromatic carbocycles. The zero-order valence-electron chi connectivity index (χ0n) is 10.9. The van der Waals surface area contributed by atoms with Crippen LogP contribution in [0.1, 0.15) is 35.7 Å². The lowest BCUT2D eigenvalue weighted by molar-refractivity contribution is 0.374. The van der Waals surface area contributed by atoms with E-state index in [1.807, 2.05) is 6.92 Å². The molecule has 0 bridgehead atoms. The van der Waals surface area contributed by atoms with E-state index >= 15 is 0 Å². The summed E-state index contributed by atoms with van der Waals surface area (Å²) in [6.07, 6.45) is 2.43. The van der Waals surface area contributed by atoms with E-state index in [1.54, 1.807) is 0 Å². The first-order valence-corrected chi connectivity index (χ1v) is 6.57. The third kappa shape index (κ3) is 2.01. The molecule has 2 aromatic rings. The Morgan fingerprint density at radius 2 is 1.89 bits per heavy atom. The van der Waals surface area contributed by atoms with Crippen LogP contribution in [-0.4, -0.2) is 16.2 Å². The van der Waals surface area contributed by atoms with Crippen molar-refractivity contribution in [2.24, 2.45) is 0 Å². The van der Waals surface area contributed by atoms with Gasteiger partial charge in [0.05, 0.1) is 17.1 Å². The van der Waals surface area contributed by atoms with E-state index in [0.29, 0.717) is 6.04 Å². The zero-order valence-corrected chi connectivity index (χ0v) is 10.9. The number of nitrogens with zero attached hydrogens (tertiary/aromatic N) is 1. The van der Waals surface area contributed by atoms with Crippen molar-refractivity contribution < 1.29 is 0 Å². The van der Waals surface area contributed by atoms with E-state index in [-0.39, 0.29) is 0 Å². The molecular weight excluding hydrogens is 222 g/mol. The van der Waals surface area contributed by atoms with E-state index in [1.165, 1.54) is 24.1 Å². The first-order chi connectivity index (χ1) is 8.74. The minimum absolute atomic E-state index is 0.588. The van der Waals surface area contributed by atoms with Gasteiger partial charge in [0.25, 0.3) is 0 Å². The summed E-state index contributed by atoms with van der Waals surface area (Å²) >= 11 is 0. The van der Waals surface area contributed by atoms with Gasteiger partial charge in [0, 0.05) is 6.04 Å². The minimum atomic E-state index is 0.588. The molecule has 0 unspecified atom stereocenters. The summed E-state index contributed by atoms with van der Waals surface area (Å²) in [6.45, 7) is 4.11. The molecule has 1 aromatic heterocycles. The van der Waals surface area contributed by atoms with Gasteiger partial charge in [0.15, 0.2) is 0 Å². The monoisotopic (exact) mass is 241 g/mol. The average molecular weight is 241 g/mol. The number of hydrogen-bond donors (Lipinski definition) is 2. The molecule has 3 heteroatoms. The molecule has 3 rings (SSSR count). The Morgan fingerprint density at radius 3 is 2.50 bits per heavy atom. The Bertz CT molecular complexity index is 504. The lowest BCUT2D eigenvalue weighted by atomic mass is 9.76. The summed E-state index contributed by atoms with van der Waals surface area (Å²) in [6, 6.07) is 11.4. The highest BCUT2D eigenvalue weighted by Crippen LogP contribution is 2.38. The number of nitrogens with one attached hydrogen (secondary N) is 2. The van der Waals surface area contributed by atoms with Crippen LogP contribution in [0.2, 0.25) is 0 Å². The molecule has 3 nitrogen and oxygen atoms in total. The third-order valence-electron chi connectivity index (χ3n) is 3.89. The molecule has 1 fully saturated rings. The molecular formula is C15H19N3. The van der Waals surface area contributed by atoms with Crippen molar-refractivity contribution in [2.45, 2.75) is 38.6 Å². The lowest BCUT2D eigenvalue weighted by Gasteiger charge is -2.37. The van der Waals surface area contributed by atoms with Gasteiger partial charge < -0.3 is 5.32 Å². The van der Waals surface area contributed by atoms with Crippen molar-refractivity contribution in [3.8, 4) is 0 Å². The predicted molar refractivity (Wildman–Crippen MR) is 73.9 cm³/mol. The van der Waals surface area contributed by atoms with Gasteiger partial charge in [-0.1, -0.05) is 30.3 Å². The number of aryl methyl sites for hydroxylation is 2. The van der Waals surface area contributed by atoms with Crippen molar-refractivity contribution >= 4 is 5.69 Å². The van der Waals surface area contributed by atoms with Gasteiger partial charge in [-0.15, -0.1) is 0 Å². The van der Waals surface area contributed by atoms with Crippen molar-refractivity contribution in [1.82, 2.24) is 10.2 Å². The topological polar surface area (TPSA) is 40.7 Å². The first-order valence-electron chi connectivity index (χ1n) is 6.57. The summed E-state index contributed by atoms with van der Waals surface area (Å²) in [4.78, 5) is 0. The largest absolute Gasteiger partial charge is 0.379 e. The van der Waals surface area contributed by atoms with Gasteiger partial charge in [-0.2, -0.15) is 5.10 Å². The van der Waals surface area contributed by atoms with Crippen LogP contribution in [0.4, 0.5) is 5.69 Å². The van der Waals surface area contributed by atoms with Gasteiger partial charge >= 0.3 is 0 Å². The maximum Gasteiger partial charge on any atom is 0.0825 e. The maximum absolute atomic E-state index is 4.22. The summed E-state index contributed by atoms with van der Waals surface area (Å²) in [5.41, 5.74) is 4.86. The second kappa shape index (κ2) is 4.48. The SMILES string of the molecule is Cc1n[nH]c(C)c1NC1CC(c2ccccc2)C1. The van der Waals surface area contributed by atoms with Gasteiger partial charge in [-0.25, -0.2) is 0 Å². The Balaban J connectivity index is 1.60. The van der Waals surface area contributed by atoms with E-state index in [0.717, 1.165) is 17.3 Å². The minimum Gasteiger partial charge on any atom is -0.379 e. The van der Waals surface area contributed by atoms with Crippen molar-refractivity contribution in [3.05, 3.63) is 47.3 Å². The lowest BCUT2D eigenvalue weighted by Crippen LogP contribution is -2.34. The van der Waals surface area contributed by atoms with Crippen LogP contribution in [0.3, 0.4) is 0 Å². The van der Waals surface area contributed by atoms with Crippen LogP contribution < -0.4 is 5.32 Å². The molecule has 0 amide bonds. The molecule has 18 heavy (non-hydrogen) atoms. The van der Waals surface area contributed by atoms with Gasteiger partial charge in [0.2, 0.25) is 0 Å². The quantitative estimate of drug-likeness (QED) is 0.864. The Morgan fingerprint density at radius 1 is 1.17 bits per heavy atom. The zero-order chi connectivity index (χ0) is 12.5. The normalized spacial score (nSPS) is 22.6. The summed E-state index contributed by atoms with van der Waals surface area (Å²) in [5.74, 6) is 0.719. The summed E-state index contributed by atoms with van der Waals surface area (Å²) < 4.78 is 0. The van der Waals surface area contributed by atoms with Gasteiger partial charge in [-0.3, -0.25) is 5.10 Å². The number of benzene rings is 1. The number of H-pyrrole nitrogens is 1. The van der Waals surface area contributed by atoms with Crippen LogP contribution >= 0.6 is 0 Å². The fraction of sp³-hybridized carbons (Fsp3) is 0.400.